The summed E-state index contributed by atoms with van der Waals surface area (Å²) in [5, 5.41) is 6.11. The minimum atomic E-state index is -0.144. The molecule has 0 saturated heterocycles. The van der Waals surface area contributed by atoms with Crippen molar-refractivity contribution in [3.63, 3.8) is 0 Å². The summed E-state index contributed by atoms with van der Waals surface area (Å²) in [6, 6.07) is 4.18. The summed E-state index contributed by atoms with van der Waals surface area (Å²) >= 11 is 0. The van der Waals surface area contributed by atoms with Crippen LogP contribution in [-0.2, 0) is 0 Å². The highest BCUT2D eigenvalue weighted by molar-refractivity contribution is 5.92. The third-order valence-electron chi connectivity index (χ3n) is 3.97. The predicted octanol–water partition coefficient (Wildman–Crippen LogP) is 2.82. The molecule has 104 valence electrons. The second kappa shape index (κ2) is 6.55. The second-order valence-corrected chi connectivity index (χ2v) is 5.34. The monoisotopic (exact) mass is 261 g/mol. The molecule has 1 aliphatic rings. The number of pyridine rings is 1. The zero-order chi connectivity index (χ0) is 13.7. The smallest absolute Gasteiger partial charge is 0.269 e. The summed E-state index contributed by atoms with van der Waals surface area (Å²) in [5.41, 5.74) is 1.44. The van der Waals surface area contributed by atoms with E-state index >= 15 is 0 Å². The maximum absolute atomic E-state index is 11.6. The van der Waals surface area contributed by atoms with Gasteiger partial charge in [-0.05, 0) is 37.8 Å². The van der Waals surface area contributed by atoms with Crippen molar-refractivity contribution >= 4 is 11.6 Å². The molecule has 2 rings (SSSR count). The average Bonchev–Trinajstić information content (AvgIpc) is 2.47. The molecule has 1 fully saturated rings. The lowest BCUT2D eigenvalue weighted by Gasteiger charge is -2.29. The fourth-order valence-electron chi connectivity index (χ4n) is 2.79. The summed E-state index contributed by atoms with van der Waals surface area (Å²) < 4.78 is 0. The molecule has 4 nitrogen and oxygen atoms in total. The number of amides is 1. The number of carbonyl (C=O) groups is 1. The van der Waals surface area contributed by atoms with Crippen molar-refractivity contribution in [2.24, 2.45) is 5.92 Å². The Kier molecular flexibility index (Phi) is 4.77. The van der Waals surface area contributed by atoms with Gasteiger partial charge >= 0.3 is 0 Å². The van der Waals surface area contributed by atoms with E-state index in [9.17, 15) is 4.79 Å². The molecule has 0 radical (unpaired) electrons. The fraction of sp³-hybridized carbons (Fsp3) is 0.600. The van der Waals surface area contributed by atoms with E-state index in [-0.39, 0.29) is 5.91 Å². The molecule has 1 amide bonds. The standard InChI is InChI=1S/C15H23N3O/c1-11(12-6-4-3-5-7-12)18-13-8-9-17-14(10-13)15(19)16-2/h8-12H,3-7H2,1-2H3,(H,16,19)(H,17,18). The number of nitrogens with one attached hydrogen (secondary N) is 2. The lowest BCUT2D eigenvalue weighted by molar-refractivity contribution is 0.0958. The van der Waals surface area contributed by atoms with Crippen LogP contribution < -0.4 is 10.6 Å². The summed E-state index contributed by atoms with van der Waals surface area (Å²) in [6.45, 7) is 2.23. The predicted molar refractivity (Wildman–Crippen MR) is 77.3 cm³/mol. The Morgan fingerprint density at radius 1 is 1.37 bits per heavy atom. The van der Waals surface area contributed by atoms with E-state index in [1.807, 2.05) is 12.1 Å². The topological polar surface area (TPSA) is 54.0 Å². The van der Waals surface area contributed by atoms with Gasteiger partial charge in [0.2, 0.25) is 0 Å². The first-order valence-corrected chi connectivity index (χ1v) is 7.15. The Bertz CT molecular complexity index is 427. The number of rotatable bonds is 4. The number of aromatic nitrogens is 1. The van der Waals surface area contributed by atoms with Gasteiger partial charge in [-0.3, -0.25) is 9.78 Å². The summed E-state index contributed by atoms with van der Waals surface area (Å²) in [5.74, 6) is 0.597. The summed E-state index contributed by atoms with van der Waals surface area (Å²) in [7, 11) is 1.62. The molecule has 1 aromatic heterocycles. The molecule has 0 aromatic carbocycles. The van der Waals surface area contributed by atoms with E-state index in [1.165, 1.54) is 32.1 Å². The third-order valence-corrected chi connectivity index (χ3v) is 3.97. The molecule has 2 N–H and O–H groups in total. The molecule has 0 bridgehead atoms. The minimum absolute atomic E-state index is 0.144. The normalized spacial score (nSPS) is 17.8. The lowest BCUT2D eigenvalue weighted by Crippen LogP contribution is -2.28. The van der Waals surface area contributed by atoms with E-state index in [4.69, 9.17) is 0 Å². The van der Waals surface area contributed by atoms with Gasteiger partial charge in [-0.15, -0.1) is 0 Å². The first-order valence-electron chi connectivity index (χ1n) is 7.15. The molecule has 0 aliphatic heterocycles. The molecule has 1 heterocycles. The molecule has 4 heteroatoms. The van der Waals surface area contributed by atoms with Gasteiger partial charge in [-0.1, -0.05) is 19.3 Å². The zero-order valence-corrected chi connectivity index (χ0v) is 11.8. The largest absolute Gasteiger partial charge is 0.382 e. The molecule has 1 unspecified atom stereocenters. The highest BCUT2D eigenvalue weighted by atomic mass is 16.1. The number of nitrogens with zero attached hydrogens (tertiary/aromatic N) is 1. The Labute approximate surface area is 115 Å². The van der Waals surface area contributed by atoms with Crippen LogP contribution in [0.2, 0.25) is 0 Å². The van der Waals surface area contributed by atoms with Crippen LogP contribution in [0.4, 0.5) is 5.69 Å². The van der Waals surface area contributed by atoms with Crippen LogP contribution in [0.3, 0.4) is 0 Å². The van der Waals surface area contributed by atoms with E-state index in [0.29, 0.717) is 11.7 Å². The van der Waals surface area contributed by atoms with Crippen LogP contribution in [0.15, 0.2) is 18.3 Å². The van der Waals surface area contributed by atoms with E-state index in [1.54, 1.807) is 13.2 Å². The molecular formula is C15H23N3O. The van der Waals surface area contributed by atoms with Gasteiger partial charge in [0.1, 0.15) is 5.69 Å². The zero-order valence-electron chi connectivity index (χ0n) is 11.8. The van der Waals surface area contributed by atoms with E-state index in [2.05, 4.69) is 22.5 Å². The Hall–Kier alpha value is -1.58. The number of anilines is 1. The molecule has 1 saturated carbocycles. The SMILES string of the molecule is CNC(=O)c1cc(NC(C)C2CCCCC2)ccn1. The number of hydrogen-bond donors (Lipinski definition) is 2. The molecule has 19 heavy (non-hydrogen) atoms. The van der Waals surface area contributed by atoms with E-state index in [0.717, 1.165) is 11.6 Å². The van der Waals surface area contributed by atoms with Gasteiger partial charge in [-0.25, -0.2) is 0 Å². The molecule has 0 spiro atoms. The Morgan fingerprint density at radius 3 is 2.79 bits per heavy atom. The molecule has 1 aliphatic carbocycles. The van der Waals surface area contributed by atoms with Crippen molar-refractivity contribution in [3.05, 3.63) is 24.0 Å². The van der Waals surface area contributed by atoms with Gasteiger partial charge in [0.15, 0.2) is 0 Å². The van der Waals surface area contributed by atoms with Crippen LogP contribution >= 0.6 is 0 Å². The second-order valence-electron chi connectivity index (χ2n) is 5.34. The van der Waals surface area contributed by atoms with Crippen LogP contribution in [-0.4, -0.2) is 24.0 Å². The van der Waals surface area contributed by atoms with Crippen LogP contribution in [0.25, 0.3) is 0 Å². The quantitative estimate of drug-likeness (QED) is 0.876. The van der Waals surface area contributed by atoms with Gasteiger partial charge in [0.05, 0.1) is 0 Å². The highest BCUT2D eigenvalue weighted by Gasteiger charge is 2.20. The molecular weight excluding hydrogens is 238 g/mol. The van der Waals surface area contributed by atoms with Crippen LogP contribution in [0.1, 0.15) is 49.5 Å². The van der Waals surface area contributed by atoms with Crippen molar-refractivity contribution in [2.75, 3.05) is 12.4 Å². The summed E-state index contributed by atoms with van der Waals surface area (Å²) in [6.07, 6.45) is 8.36. The first-order chi connectivity index (χ1) is 9.20. The van der Waals surface area contributed by atoms with Crippen molar-refractivity contribution < 1.29 is 4.79 Å². The van der Waals surface area contributed by atoms with Gasteiger partial charge in [0, 0.05) is 25.0 Å². The van der Waals surface area contributed by atoms with Crippen LogP contribution in [0, 0.1) is 5.92 Å². The lowest BCUT2D eigenvalue weighted by atomic mass is 9.84. The molecule has 1 atom stereocenters. The maximum Gasteiger partial charge on any atom is 0.269 e. The van der Waals surface area contributed by atoms with Crippen molar-refractivity contribution in [2.45, 2.75) is 45.1 Å². The fourth-order valence-corrected chi connectivity index (χ4v) is 2.79. The third kappa shape index (κ3) is 3.69. The van der Waals surface area contributed by atoms with Gasteiger partial charge < -0.3 is 10.6 Å². The maximum atomic E-state index is 11.6. The van der Waals surface area contributed by atoms with Crippen molar-refractivity contribution in [1.82, 2.24) is 10.3 Å². The van der Waals surface area contributed by atoms with Gasteiger partial charge in [-0.2, -0.15) is 0 Å². The van der Waals surface area contributed by atoms with Crippen molar-refractivity contribution in [1.29, 1.82) is 0 Å². The minimum Gasteiger partial charge on any atom is -0.382 e. The van der Waals surface area contributed by atoms with Gasteiger partial charge in [0.25, 0.3) is 5.91 Å². The Morgan fingerprint density at radius 2 is 2.11 bits per heavy atom. The summed E-state index contributed by atoms with van der Waals surface area (Å²) in [4.78, 5) is 15.6. The average molecular weight is 261 g/mol. The first kappa shape index (κ1) is 13.8. The number of carbonyl (C=O) groups excluding carboxylic acids is 1. The van der Waals surface area contributed by atoms with Crippen molar-refractivity contribution in [3.8, 4) is 0 Å². The number of hydrogen-bond acceptors (Lipinski definition) is 3. The highest BCUT2D eigenvalue weighted by Crippen LogP contribution is 2.28. The van der Waals surface area contributed by atoms with E-state index < -0.39 is 0 Å². The molecule has 1 aromatic rings. The Balaban J connectivity index is 1.99. The van der Waals surface area contributed by atoms with Crippen LogP contribution in [0.5, 0.6) is 0 Å².